The van der Waals surface area contributed by atoms with E-state index in [2.05, 4.69) is 15.3 Å². The molecule has 1 amide bonds. The zero-order chi connectivity index (χ0) is 28.4. The average molecular weight is 521 g/mol. The van der Waals surface area contributed by atoms with Crippen LogP contribution in [0.1, 0.15) is 70.7 Å². The number of piperazine rings is 1. The quantitative estimate of drug-likeness (QED) is 0.627. The molecule has 3 heterocycles. The molecule has 2 aliphatic heterocycles. The number of hydrogen-bond acceptors (Lipinski definition) is 5. The van der Waals surface area contributed by atoms with Crippen LogP contribution in [0, 0.1) is 6.92 Å². The molecule has 4 aliphatic rings. The molecule has 2 saturated heterocycles. The standard InChI is InChI=1S/C27H34F3N5O2/c1-17-19(4-3-5-22(17)37-2)25-21(33-13-11-31-26(16-33)9-10-26)8-12-34(25)24(36)15-35-23(27(28,29)30)14-20(32-35)18-6-7-18/h3-5,14,18,21,25,31H,6-13,15-16H2,1-2H3/t21-,25-/m1/s1/i2D3. The molecule has 2 aliphatic carbocycles. The fourth-order valence-corrected chi connectivity index (χ4v) is 6.22. The first-order valence-corrected chi connectivity index (χ1v) is 13.1. The summed E-state index contributed by atoms with van der Waals surface area (Å²) < 4.78 is 70.4. The number of carbonyl (C=O) groups excluding carboxylic acids is 1. The maximum Gasteiger partial charge on any atom is 0.433 e. The number of aromatic nitrogens is 2. The van der Waals surface area contributed by atoms with Gasteiger partial charge in [-0.1, -0.05) is 12.1 Å². The molecule has 1 aromatic carbocycles. The van der Waals surface area contributed by atoms with Gasteiger partial charge in [0.15, 0.2) is 0 Å². The minimum atomic E-state index is -4.62. The average Bonchev–Trinajstić information content (AvgIpc) is 3.76. The predicted molar refractivity (Wildman–Crippen MR) is 131 cm³/mol. The van der Waals surface area contributed by atoms with Crippen molar-refractivity contribution in [2.75, 3.05) is 33.2 Å². The van der Waals surface area contributed by atoms with Gasteiger partial charge in [-0.2, -0.15) is 18.3 Å². The van der Waals surface area contributed by atoms with Gasteiger partial charge in [-0.25, -0.2) is 0 Å². The van der Waals surface area contributed by atoms with Crippen molar-refractivity contribution in [1.29, 1.82) is 0 Å². The highest BCUT2D eigenvalue weighted by atomic mass is 19.4. The lowest BCUT2D eigenvalue weighted by Crippen LogP contribution is -2.56. The first kappa shape index (κ1) is 21.4. The number of ether oxygens (including phenoxy) is 1. The third-order valence-corrected chi connectivity index (χ3v) is 8.54. The van der Waals surface area contributed by atoms with E-state index in [1.54, 1.807) is 24.0 Å². The maximum absolute atomic E-state index is 13.9. The van der Waals surface area contributed by atoms with E-state index in [0.717, 1.165) is 61.6 Å². The van der Waals surface area contributed by atoms with Crippen LogP contribution in [0.5, 0.6) is 5.75 Å². The Hall–Kier alpha value is -2.59. The SMILES string of the molecule is [2H]C([2H])([2H])Oc1cccc([C@@H]2[C@H](N3CCNC4(CC4)C3)CCN2C(=O)Cn2nc(C3CC3)cc2C(F)(F)F)c1C. The molecule has 4 fully saturated rings. The van der Waals surface area contributed by atoms with Gasteiger partial charge >= 0.3 is 6.18 Å². The molecule has 1 spiro atoms. The number of nitrogens with one attached hydrogen (secondary N) is 1. The topological polar surface area (TPSA) is 62.6 Å². The van der Waals surface area contributed by atoms with Gasteiger partial charge in [0.25, 0.3) is 0 Å². The molecule has 6 rings (SSSR count). The Morgan fingerprint density at radius 3 is 2.78 bits per heavy atom. The van der Waals surface area contributed by atoms with Crippen LogP contribution in [-0.4, -0.2) is 70.3 Å². The summed E-state index contributed by atoms with van der Waals surface area (Å²) in [5.74, 6) is -0.219. The van der Waals surface area contributed by atoms with Crippen LogP contribution < -0.4 is 10.1 Å². The van der Waals surface area contributed by atoms with E-state index in [9.17, 15) is 18.0 Å². The van der Waals surface area contributed by atoms with Crippen LogP contribution in [0.4, 0.5) is 13.2 Å². The first-order valence-electron chi connectivity index (χ1n) is 14.6. The normalized spacial score (nSPS) is 27.1. The number of nitrogens with zero attached hydrogens (tertiary/aromatic N) is 4. The monoisotopic (exact) mass is 520 g/mol. The number of carbonyl (C=O) groups is 1. The molecule has 37 heavy (non-hydrogen) atoms. The Bertz CT molecular complexity index is 1290. The number of amides is 1. The van der Waals surface area contributed by atoms with E-state index >= 15 is 0 Å². The predicted octanol–water partition coefficient (Wildman–Crippen LogP) is 3.88. The summed E-state index contributed by atoms with van der Waals surface area (Å²) in [6.07, 6.45) is -0.170. The van der Waals surface area contributed by atoms with Gasteiger partial charge < -0.3 is 15.0 Å². The van der Waals surface area contributed by atoms with Crippen molar-refractivity contribution in [1.82, 2.24) is 24.9 Å². The summed E-state index contributed by atoms with van der Waals surface area (Å²) >= 11 is 0. The molecule has 0 bridgehead atoms. The second kappa shape index (κ2) is 9.01. The highest BCUT2D eigenvalue weighted by Crippen LogP contribution is 2.44. The number of alkyl halides is 3. The van der Waals surface area contributed by atoms with Gasteiger partial charge in [0.2, 0.25) is 5.91 Å². The number of rotatable bonds is 6. The van der Waals surface area contributed by atoms with E-state index in [4.69, 9.17) is 8.85 Å². The van der Waals surface area contributed by atoms with Gasteiger partial charge in [-0.15, -0.1) is 0 Å². The van der Waals surface area contributed by atoms with Crippen molar-refractivity contribution in [3.8, 4) is 5.75 Å². The number of likely N-dealkylation sites (tertiary alicyclic amines) is 1. The first-order chi connectivity index (χ1) is 18.8. The van der Waals surface area contributed by atoms with Crippen LogP contribution in [0.25, 0.3) is 0 Å². The molecule has 1 aromatic heterocycles. The number of halogens is 3. The number of benzene rings is 1. The molecule has 200 valence electrons. The molecule has 2 atom stereocenters. The number of methoxy groups -OCH3 is 1. The Kier molecular flexibility index (Phi) is 5.20. The van der Waals surface area contributed by atoms with E-state index in [0.29, 0.717) is 24.2 Å². The molecule has 2 saturated carbocycles. The summed E-state index contributed by atoms with van der Waals surface area (Å²) in [6, 6.07) is 5.70. The lowest BCUT2D eigenvalue weighted by molar-refractivity contribution is -0.146. The van der Waals surface area contributed by atoms with Crippen molar-refractivity contribution in [3.63, 3.8) is 0 Å². The van der Waals surface area contributed by atoms with Gasteiger partial charge in [0.1, 0.15) is 18.0 Å². The lowest BCUT2D eigenvalue weighted by atomic mass is 9.93. The molecule has 0 unspecified atom stereocenters. The van der Waals surface area contributed by atoms with Gasteiger partial charge in [-0.3, -0.25) is 14.4 Å². The van der Waals surface area contributed by atoms with Gasteiger partial charge in [0, 0.05) is 43.7 Å². The van der Waals surface area contributed by atoms with Crippen molar-refractivity contribution in [2.45, 2.75) is 75.3 Å². The summed E-state index contributed by atoms with van der Waals surface area (Å²) in [4.78, 5) is 17.9. The fraction of sp³-hybridized carbons (Fsp3) is 0.630. The zero-order valence-corrected chi connectivity index (χ0v) is 20.9. The molecule has 0 radical (unpaired) electrons. The molecule has 1 N–H and O–H groups in total. The van der Waals surface area contributed by atoms with Crippen molar-refractivity contribution in [2.24, 2.45) is 0 Å². The van der Waals surface area contributed by atoms with Crippen LogP contribution >= 0.6 is 0 Å². The summed E-state index contributed by atoms with van der Waals surface area (Å²) in [6.45, 7) is 4.09. The third-order valence-electron chi connectivity index (χ3n) is 8.54. The largest absolute Gasteiger partial charge is 0.496 e. The second-order valence-corrected chi connectivity index (χ2v) is 11.0. The summed E-state index contributed by atoms with van der Waals surface area (Å²) in [5, 5.41) is 7.81. The summed E-state index contributed by atoms with van der Waals surface area (Å²) in [7, 11) is -2.64. The van der Waals surface area contributed by atoms with Crippen LogP contribution in [0.3, 0.4) is 0 Å². The lowest BCUT2D eigenvalue weighted by Gasteiger charge is -2.41. The molecular weight excluding hydrogens is 483 g/mol. The van der Waals surface area contributed by atoms with Gasteiger partial charge in [0.05, 0.1) is 22.9 Å². The zero-order valence-electron chi connectivity index (χ0n) is 23.9. The van der Waals surface area contributed by atoms with Gasteiger partial charge in [-0.05, 0) is 62.3 Å². The highest BCUT2D eigenvalue weighted by molar-refractivity contribution is 5.77. The highest BCUT2D eigenvalue weighted by Gasteiger charge is 2.50. The maximum atomic E-state index is 13.9. The van der Waals surface area contributed by atoms with Crippen LogP contribution in [0.15, 0.2) is 24.3 Å². The number of hydrogen-bond donors (Lipinski definition) is 1. The fourth-order valence-electron chi connectivity index (χ4n) is 6.22. The Morgan fingerprint density at radius 2 is 2.08 bits per heavy atom. The smallest absolute Gasteiger partial charge is 0.433 e. The molecule has 7 nitrogen and oxygen atoms in total. The molecular formula is C27H34F3N5O2. The van der Waals surface area contributed by atoms with Crippen LogP contribution in [0.2, 0.25) is 0 Å². The third kappa shape index (κ3) is 4.63. The molecule has 2 aromatic rings. The second-order valence-electron chi connectivity index (χ2n) is 11.0. The van der Waals surface area contributed by atoms with Crippen LogP contribution in [-0.2, 0) is 17.5 Å². The van der Waals surface area contributed by atoms with Crippen molar-refractivity contribution < 1.29 is 26.8 Å². The Balaban J connectivity index is 1.33. The van der Waals surface area contributed by atoms with E-state index in [-0.39, 0.29) is 23.2 Å². The Labute approximate surface area is 219 Å². The summed E-state index contributed by atoms with van der Waals surface area (Å²) in [5.41, 5.74) is 0.929. The Morgan fingerprint density at radius 1 is 1.27 bits per heavy atom. The minimum Gasteiger partial charge on any atom is -0.496 e. The van der Waals surface area contributed by atoms with Crippen molar-refractivity contribution >= 4 is 5.91 Å². The minimum absolute atomic E-state index is 0.0208. The van der Waals surface area contributed by atoms with E-state index in [1.807, 2.05) is 6.07 Å². The van der Waals surface area contributed by atoms with E-state index < -0.39 is 37.4 Å². The molecule has 10 heteroatoms. The van der Waals surface area contributed by atoms with Crippen molar-refractivity contribution in [3.05, 3.63) is 46.8 Å². The van der Waals surface area contributed by atoms with E-state index in [1.165, 1.54) is 0 Å².